The molecule has 0 radical (unpaired) electrons. The van der Waals surface area contributed by atoms with Gasteiger partial charge in [0.05, 0.1) is 23.7 Å². The minimum absolute atomic E-state index is 0.00657. The average Bonchev–Trinajstić information content (AvgIpc) is 2.97. The van der Waals surface area contributed by atoms with E-state index in [1.165, 1.54) is 5.57 Å². The van der Waals surface area contributed by atoms with Crippen molar-refractivity contribution in [3.63, 3.8) is 0 Å². The summed E-state index contributed by atoms with van der Waals surface area (Å²) in [7, 11) is 0. The number of allylic oxidation sites excluding steroid dienone is 2. The third-order valence-corrected chi connectivity index (χ3v) is 16.4. The van der Waals surface area contributed by atoms with Gasteiger partial charge in [0.2, 0.25) is 0 Å². The zero-order chi connectivity index (χ0) is 37.6. The van der Waals surface area contributed by atoms with Crippen LogP contribution in [-0.4, -0.2) is 46.3 Å². The fourth-order valence-electron chi connectivity index (χ4n) is 12.9. The van der Waals surface area contributed by atoms with Gasteiger partial charge >= 0.3 is 23.9 Å². The second-order valence-electron chi connectivity index (χ2n) is 20.4. The van der Waals surface area contributed by atoms with Gasteiger partial charge < -0.3 is 19.7 Å². The van der Waals surface area contributed by atoms with Crippen LogP contribution in [0.3, 0.4) is 0 Å². The Labute approximate surface area is 300 Å². The Bertz CT molecular complexity index is 1440. The second kappa shape index (κ2) is 12.4. The highest BCUT2D eigenvalue weighted by Gasteiger charge is 2.72. The van der Waals surface area contributed by atoms with Crippen LogP contribution in [0.1, 0.15) is 147 Å². The van der Waals surface area contributed by atoms with Crippen LogP contribution < -0.4 is 0 Å². The van der Waals surface area contributed by atoms with Crippen molar-refractivity contribution < 1.29 is 38.9 Å². The van der Waals surface area contributed by atoms with Crippen molar-refractivity contribution in [3.8, 4) is 0 Å². The highest BCUT2D eigenvalue weighted by molar-refractivity contribution is 5.82. The molecule has 0 saturated heterocycles. The molecule has 50 heavy (non-hydrogen) atoms. The van der Waals surface area contributed by atoms with Crippen LogP contribution in [0.4, 0.5) is 0 Å². The number of fused-ring (bicyclic) bond motifs is 7. The summed E-state index contributed by atoms with van der Waals surface area (Å²) in [6, 6.07) is 0. The van der Waals surface area contributed by atoms with E-state index in [4.69, 9.17) is 9.47 Å². The summed E-state index contributed by atoms with van der Waals surface area (Å²) in [5, 5.41) is 19.4. The highest BCUT2D eigenvalue weighted by atomic mass is 16.5. The van der Waals surface area contributed by atoms with E-state index in [1.807, 2.05) is 0 Å². The first kappa shape index (κ1) is 38.8. The molecule has 8 heteroatoms. The Balaban J connectivity index is 1.46. The zero-order valence-corrected chi connectivity index (χ0v) is 33.0. The summed E-state index contributed by atoms with van der Waals surface area (Å²) >= 11 is 0. The number of hydrogen-bond donors (Lipinski definition) is 2. The van der Waals surface area contributed by atoms with E-state index in [0.717, 1.165) is 51.4 Å². The average molecular weight is 699 g/mol. The summed E-state index contributed by atoms with van der Waals surface area (Å²) in [6.45, 7) is 25.3. The molecule has 0 spiro atoms. The standard InChI is InChI=1S/C42H66O8/c1-24-15-18-40(10)30(50-32(44)23-37(5,6)35(47)48)21-42(12)26(33(40)25(24)2)13-14-28-39(9)19-17-29(49-31(43)22-36(3,4)34(45)46)38(7,8)27(39)16-20-41(28,42)11/h15,25-30,33H,13-14,16-23H2,1-12H3,(H,45,46)(H,47,48)/t25-,26-,27+,28-,29+,30+,33-,39+,40-,41-,42-/m1/s1. The van der Waals surface area contributed by atoms with Gasteiger partial charge in [0.25, 0.3) is 0 Å². The first-order chi connectivity index (χ1) is 22.8. The van der Waals surface area contributed by atoms with Gasteiger partial charge in [0, 0.05) is 10.8 Å². The van der Waals surface area contributed by atoms with Crippen molar-refractivity contribution in [3.05, 3.63) is 11.6 Å². The van der Waals surface area contributed by atoms with Crippen LogP contribution in [0, 0.1) is 67.5 Å². The Morgan fingerprint density at radius 3 is 1.82 bits per heavy atom. The van der Waals surface area contributed by atoms with Crippen molar-refractivity contribution in [1.29, 1.82) is 0 Å². The summed E-state index contributed by atoms with van der Waals surface area (Å²) in [4.78, 5) is 50.3. The van der Waals surface area contributed by atoms with Gasteiger partial charge in [-0.25, -0.2) is 0 Å². The minimum Gasteiger partial charge on any atom is -0.481 e. The van der Waals surface area contributed by atoms with Gasteiger partial charge in [-0.05, 0) is 132 Å². The maximum Gasteiger partial charge on any atom is 0.309 e. The highest BCUT2D eigenvalue weighted by Crippen LogP contribution is 2.77. The molecular weight excluding hydrogens is 632 g/mol. The third-order valence-electron chi connectivity index (χ3n) is 16.4. The molecule has 0 aromatic heterocycles. The minimum atomic E-state index is -1.20. The summed E-state index contributed by atoms with van der Waals surface area (Å²) in [6.07, 6.45) is 9.16. The Kier molecular flexibility index (Phi) is 9.60. The Morgan fingerprint density at radius 1 is 0.740 bits per heavy atom. The number of aliphatic carboxylic acids is 2. The van der Waals surface area contributed by atoms with Crippen LogP contribution in [0.2, 0.25) is 0 Å². The van der Waals surface area contributed by atoms with E-state index in [0.29, 0.717) is 29.6 Å². The predicted octanol–water partition coefficient (Wildman–Crippen LogP) is 9.10. The fraction of sp³-hybridized carbons (Fsp3) is 0.857. The van der Waals surface area contributed by atoms with Gasteiger partial charge in [-0.15, -0.1) is 0 Å². The molecule has 5 aliphatic rings. The Morgan fingerprint density at radius 2 is 1.28 bits per heavy atom. The molecule has 5 aliphatic carbocycles. The fourth-order valence-corrected chi connectivity index (χ4v) is 12.9. The van der Waals surface area contributed by atoms with Gasteiger partial charge in [0.15, 0.2) is 0 Å². The molecule has 11 atom stereocenters. The van der Waals surface area contributed by atoms with E-state index in [9.17, 15) is 29.4 Å². The zero-order valence-electron chi connectivity index (χ0n) is 33.0. The van der Waals surface area contributed by atoms with Crippen LogP contribution in [-0.2, 0) is 28.7 Å². The van der Waals surface area contributed by atoms with E-state index < -0.39 is 34.7 Å². The number of carboxylic acids is 2. The topological polar surface area (TPSA) is 127 Å². The molecular formula is C42H66O8. The van der Waals surface area contributed by atoms with Gasteiger partial charge in [-0.3, -0.25) is 19.2 Å². The van der Waals surface area contributed by atoms with E-state index in [2.05, 4.69) is 61.5 Å². The summed E-state index contributed by atoms with van der Waals surface area (Å²) < 4.78 is 12.7. The van der Waals surface area contributed by atoms with Crippen molar-refractivity contribution in [2.24, 2.45) is 67.5 Å². The smallest absolute Gasteiger partial charge is 0.309 e. The number of rotatable bonds is 8. The lowest BCUT2D eigenvalue weighted by atomic mass is 9.31. The molecule has 2 N–H and O–H groups in total. The molecule has 0 heterocycles. The molecule has 0 unspecified atom stereocenters. The lowest BCUT2D eigenvalue weighted by molar-refractivity contribution is -0.271. The number of carbonyl (C=O) groups excluding carboxylic acids is 2. The molecule has 4 fully saturated rings. The molecule has 5 rings (SSSR count). The lowest BCUT2D eigenvalue weighted by Crippen LogP contribution is -2.69. The molecule has 0 aromatic rings. The molecule has 282 valence electrons. The number of carboxylic acid groups (broad SMARTS) is 2. The van der Waals surface area contributed by atoms with Crippen LogP contribution in [0.25, 0.3) is 0 Å². The third kappa shape index (κ3) is 5.85. The van der Waals surface area contributed by atoms with Crippen molar-refractivity contribution >= 4 is 23.9 Å². The quantitative estimate of drug-likeness (QED) is 0.190. The van der Waals surface area contributed by atoms with Crippen molar-refractivity contribution in [2.45, 2.75) is 160 Å². The first-order valence-corrected chi connectivity index (χ1v) is 19.3. The maximum atomic E-state index is 13.6. The maximum absolute atomic E-state index is 13.6. The van der Waals surface area contributed by atoms with Gasteiger partial charge in [0.1, 0.15) is 12.2 Å². The van der Waals surface area contributed by atoms with E-state index >= 15 is 0 Å². The molecule has 0 aliphatic heterocycles. The molecule has 4 saturated carbocycles. The number of ether oxygens (including phenoxy) is 2. The van der Waals surface area contributed by atoms with E-state index in [1.54, 1.807) is 27.7 Å². The van der Waals surface area contributed by atoms with Gasteiger partial charge in [-0.1, -0.05) is 60.1 Å². The predicted molar refractivity (Wildman–Crippen MR) is 192 cm³/mol. The van der Waals surface area contributed by atoms with Crippen LogP contribution in [0.5, 0.6) is 0 Å². The SMILES string of the molecule is CC1=CC[C@@]2(C)[C@H]([C@@H]1C)[C@H]1CC[C@@H]3[C@@]4(C)CC[C@H](OC(=O)CC(C)(C)C(=O)O)C(C)(C)[C@@H]4CC[C@@]3(C)[C@]1(C)C[C@@H]2OC(=O)CC(C)(C)C(=O)O. The normalized spacial score (nSPS) is 42.4. The molecule has 0 amide bonds. The number of carbonyl (C=O) groups is 4. The molecule has 8 nitrogen and oxygen atoms in total. The first-order valence-electron chi connectivity index (χ1n) is 19.3. The van der Waals surface area contributed by atoms with Crippen LogP contribution in [0.15, 0.2) is 11.6 Å². The van der Waals surface area contributed by atoms with Crippen molar-refractivity contribution in [1.82, 2.24) is 0 Å². The second-order valence-corrected chi connectivity index (χ2v) is 20.4. The van der Waals surface area contributed by atoms with Crippen molar-refractivity contribution in [2.75, 3.05) is 0 Å². The molecule has 0 bridgehead atoms. The monoisotopic (exact) mass is 698 g/mol. The van der Waals surface area contributed by atoms with Crippen LogP contribution >= 0.6 is 0 Å². The number of esters is 2. The van der Waals surface area contributed by atoms with E-state index in [-0.39, 0.29) is 52.1 Å². The lowest BCUT2D eigenvalue weighted by Gasteiger charge is -2.74. The van der Waals surface area contributed by atoms with Gasteiger partial charge in [-0.2, -0.15) is 0 Å². The Hall–Kier alpha value is -2.38. The largest absolute Gasteiger partial charge is 0.481 e. The number of hydrogen-bond acceptors (Lipinski definition) is 6. The summed E-state index contributed by atoms with van der Waals surface area (Å²) in [5.41, 5.74) is -1.53. The molecule has 0 aromatic carbocycles. The summed E-state index contributed by atoms with van der Waals surface area (Å²) in [5.74, 6) is -0.888.